The molecule has 1 aromatic rings. The van der Waals surface area contributed by atoms with Crippen molar-refractivity contribution in [3.63, 3.8) is 0 Å². The van der Waals surface area contributed by atoms with Gasteiger partial charge in [0.05, 0.1) is 14.2 Å². The number of nitrogens with one attached hydrogen (secondary N) is 1. The number of carbonyl (C=O) groups is 2. The normalized spacial score (nSPS) is 18.7. The van der Waals surface area contributed by atoms with Crippen LogP contribution >= 0.6 is 0 Å². The van der Waals surface area contributed by atoms with Crippen LogP contribution in [-0.2, 0) is 4.79 Å². The highest BCUT2D eigenvalue weighted by atomic mass is 16.5. The van der Waals surface area contributed by atoms with E-state index in [-0.39, 0.29) is 17.7 Å². The van der Waals surface area contributed by atoms with E-state index < -0.39 is 0 Å². The molecule has 148 valence electrons. The molecule has 0 radical (unpaired) electrons. The molecule has 0 aliphatic carbocycles. The van der Waals surface area contributed by atoms with Gasteiger partial charge in [-0.1, -0.05) is 0 Å². The van der Waals surface area contributed by atoms with Gasteiger partial charge >= 0.3 is 0 Å². The number of carbonyl (C=O) groups excluding carboxylic acids is 2. The second kappa shape index (κ2) is 9.08. The summed E-state index contributed by atoms with van der Waals surface area (Å²) in [4.78, 5) is 29.5. The molecule has 2 heterocycles. The zero-order valence-electron chi connectivity index (χ0n) is 16.2. The zero-order chi connectivity index (χ0) is 19.2. The SMILES string of the molecule is COc1cc(OC)cc(C(=O)N2CCC(C(=O)N3CCCNCC3)CC2)c1. The second-order valence-corrected chi connectivity index (χ2v) is 7.10. The van der Waals surface area contributed by atoms with Crippen LogP contribution in [0.25, 0.3) is 0 Å². The maximum Gasteiger partial charge on any atom is 0.254 e. The summed E-state index contributed by atoms with van der Waals surface area (Å²) < 4.78 is 10.5. The fourth-order valence-corrected chi connectivity index (χ4v) is 3.77. The van der Waals surface area contributed by atoms with Crippen LogP contribution in [0.3, 0.4) is 0 Å². The molecule has 27 heavy (non-hydrogen) atoms. The second-order valence-electron chi connectivity index (χ2n) is 7.10. The molecule has 1 N–H and O–H groups in total. The van der Waals surface area contributed by atoms with Crippen molar-refractivity contribution in [3.8, 4) is 11.5 Å². The lowest BCUT2D eigenvalue weighted by atomic mass is 9.94. The maximum absolute atomic E-state index is 12.9. The molecule has 2 amide bonds. The highest BCUT2D eigenvalue weighted by molar-refractivity contribution is 5.95. The lowest BCUT2D eigenvalue weighted by Crippen LogP contribution is -2.45. The number of ether oxygens (including phenoxy) is 2. The third kappa shape index (κ3) is 4.71. The van der Waals surface area contributed by atoms with Gasteiger partial charge in [-0.3, -0.25) is 9.59 Å². The Bertz CT molecular complexity index is 641. The van der Waals surface area contributed by atoms with Gasteiger partial charge in [0.15, 0.2) is 0 Å². The van der Waals surface area contributed by atoms with Gasteiger partial charge in [-0.15, -0.1) is 0 Å². The molecule has 2 aliphatic rings. The van der Waals surface area contributed by atoms with E-state index in [2.05, 4.69) is 5.32 Å². The monoisotopic (exact) mass is 375 g/mol. The minimum absolute atomic E-state index is 0.0204. The number of piperidine rings is 1. The molecule has 0 saturated carbocycles. The van der Waals surface area contributed by atoms with Crippen LogP contribution in [0.2, 0.25) is 0 Å². The first-order valence-electron chi connectivity index (χ1n) is 9.64. The van der Waals surface area contributed by atoms with Crippen molar-refractivity contribution in [1.29, 1.82) is 0 Å². The summed E-state index contributed by atoms with van der Waals surface area (Å²) in [5.74, 6) is 1.41. The van der Waals surface area contributed by atoms with Gasteiger partial charge in [0, 0.05) is 50.3 Å². The smallest absolute Gasteiger partial charge is 0.254 e. The number of hydrogen-bond acceptors (Lipinski definition) is 5. The van der Waals surface area contributed by atoms with Gasteiger partial charge in [0.1, 0.15) is 11.5 Å². The molecular formula is C20H29N3O4. The summed E-state index contributed by atoms with van der Waals surface area (Å²) in [6, 6.07) is 5.20. The third-order valence-electron chi connectivity index (χ3n) is 5.38. The molecular weight excluding hydrogens is 346 g/mol. The van der Waals surface area contributed by atoms with E-state index >= 15 is 0 Å². The van der Waals surface area contributed by atoms with E-state index in [0.29, 0.717) is 30.2 Å². The van der Waals surface area contributed by atoms with E-state index in [1.54, 1.807) is 32.4 Å². The lowest BCUT2D eigenvalue weighted by molar-refractivity contribution is -0.136. The molecule has 0 unspecified atom stereocenters. The summed E-state index contributed by atoms with van der Waals surface area (Å²) in [5.41, 5.74) is 0.551. The van der Waals surface area contributed by atoms with Gasteiger partial charge in [-0.25, -0.2) is 0 Å². The van der Waals surface area contributed by atoms with Gasteiger partial charge in [0.2, 0.25) is 5.91 Å². The first-order valence-corrected chi connectivity index (χ1v) is 9.64. The molecule has 0 spiro atoms. The third-order valence-corrected chi connectivity index (χ3v) is 5.38. The zero-order valence-corrected chi connectivity index (χ0v) is 16.2. The van der Waals surface area contributed by atoms with Crippen molar-refractivity contribution in [2.75, 3.05) is 53.5 Å². The summed E-state index contributed by atoms with van der Waals surface area (Å²) in [5, 5.41) is 3.33. The first kappa shape index (κ1) is 19.5. The summed E-state index contributed by atoms with van der Waals surface area (Å²) in [7, 11) is 3.14. The van der Waals surface area contributed by atoms with Crippen molar-refractivity contribution in [2.45, 2.75) is 19.3 Å². The Balaban J connectivity index is 1.60. The molecule has 2 saturated heterocycles. The molecule has 0 bridgehead atoms. The predicted molar refractivity (Wildman–Crippen MR) is 102 cm³/mol. The molecule has 7 nitrogen and oxygen atoms in total. The van der Waals surface area contributed by atoms with Crippen LogP contribution in [0.5, 0.6) is 11.5 Å². The van der Waals surface area contributed by atoms with Crippen molar-refractivity contribution >= 4 is 11.8 Å². The summed E-state index contributed by atoms with van der Waals surface area (Å²) >= 11 is 0. The highest BCUT2D eigenvalue weighted by Crippen LogP contribution is 2.26. The minimum atomic E-state index is -0.0444. The number of nitrogens with zero attached hydrogens (tertiary/aromatic N) is 2. The average Bonchev–Trinajstić information content (AvgIpc) is 3.02. The van der Waals surface area contributed by atoms with Crippen LogP contribution in [-0.4, -0.2) is 75.1 Å². The van der Waals surface area contributed by atoms with Gasteiger partial charge in [0.25, 0.3) is 5.91 Å². The Hall–Kier alpha value is -2.28. The summed E-state index contributed by atoms with van der Waals surface area (Å²) in [6.45, 7) is 4.64. The van der Waals surface area contributed by atoms with Gasteiger partial charge in [-0.05, 0) is 37.9 Å². The minimum Gasteiger partial charge on any atom is -0.497 e. The molecule has 1 aromatic carbocycles. The van der Waals surface area contributed by atoms with E-state index in [1.807, 2.05) is 9.80 Å². The fraction of sp³-hybridized carbons (Fsp3) is 0.600. The molecule has 3 rings (SSSR count). The number of hydrogen-bond donors (Lipinski definition) is 1. The molecule has 7 heteroatoms. The molecule has 0 aromatic heterocycles. The quantitative estimate of drug-likeness (QED) is 0.861. The van der Waals surface area contributed by atoms with Gasteiger partial charge in [-0.2, -0.15) is 0 Å². The predicted octanol–water partition coefficient (Wildman–Crippen LogP) is 1.38. The Morgan fingerprint density at radius 1 is 0.926 bits per heavy atom. The van der Waals surface area contributed by atoms with Crippen molar-refractivity contribution in [1.82, 2.24) is 15.1 Å². The van der Waals surface area contributed by atoms with Crippen LogP contribution < -0.4 is 14.8 Å². The maximum atomic E-state index is 12.9. The number of methoxy groups -OCH3 is 2. The van der Waals surface area contributed by atoms with Crippen molar-refractivity contribution in [2.24, 2.45) is 5.92 Å². The number of amides is 2. The molecule has 0 atom stereocenters. The van der Waals surface area contributed by atoms with Crippen LogP contribution in [0.15, 0.2) is 18.2 Å². The van der Waals surface area contributed by atoms with E-state index in [9.17, 15) is 9.59 Å². The Morgan fingerprint density at radius 3 is 2.22 bits per heavy atom. The van der Waals surface area contributed by atoms with Gasteiger partial charge < -0.3 is 24.6 Å². The fourth-order valence-electron chi connectivity index (χ4n) is 3.77. The topological polar surface area (TPSA) is 71.1 Å². The first-order chi connectivity index (χ1) is 13.1. The van der Waals surface area contributed by atoms with Crippen molar-refractivity contribution in [3.05, 3.63) is 23.8 Å². The van der Waals surface area contributed by atoms with E-state index in [0.717, 1.165) is 45.4 Å². The Morgan fingerprint density at radius 2 is 1.59 bits per heavy atom. The highest BCUT2D eigenvalue weighted by Gasteiger charge is 2.31. The number of likely N-dealkylation sites (tertiary alicyclic amines) is 1. The van der Waals surface area contributed by atoms with E-state index in [1.165, 1.54) is 0 Å². The standard InChI is InChI=1S/C20H29N3O4/c1-26-17-12-16(13-18(14-17)27-2)20(25)23-9-4-15(5-10-23)19(24)22-8-3-6-21-7-11-22/h12-15,21H,3-11H2,1-2H3. The van der Waals surface area contributed by atoms with Crippen LogP contribution in [0.4, 0.5) is 0 Å². The largest absolute Gasteiger partial charge is 0.497 e. The lowest BCUT2D eigenvalue weighted by Gasteiger charge is -2.34. The summed E-state index contributed by atoms with van der Waals surface area (Å²) in [6.07, 6.45) is 2.44. The van der Waals surface area contributed by atoms with Crippen molar-refractivity contribution < 1.29 is 19.1 Å². The Labute approximate surface area is 160 Å². The van der Waals surface area contributed by atoms with Crippen LogP contribution in [0, 0.1) is 5.92 Å². The Kier molecular flexibility index (Phi) is 6.55. The van der Waals surface area contributed by atoms with Crippen LogP contribution in [0.1, 0.15) is 29.6 Å². The number of rotatable bonds is 4. The molecule has 2 aliphatic heterocycles. The molecule has 2 fully saturated rings. The average molecular weight is 375 g/mol. The van der Waals surface area contributed by atoms with E-state index in [4.69, 9.17) is 9.47 Å². The number of benzene rings is 1.